The molecule has 2 N–H and O–H groups in total. The summed E-state index contributed by atoms with van der Waals surface area (Å²) in [4.78, 5) is 12.5. The second kappa shape index (κ2) is 8.28. The number of thioether (sulfide) groups is 1. The highest BCUT2D eigenvalue weighted by atomic mass is 32.2. The number of phenols is 1. The van der Waals surface area contributed by atoms with E-state index >= 15 is 0 Å². The fraction of sp³-hybridized carbons (Fsp3) is 0.0769. The zero-order chi connectivity index (χ0) is 21.2. The number of nitrogens with zero attached hydrogens (tertiary/aromatic N) is 1. The van der Waals surface area contributed by atoms with Gasteiger partial charge in [-0.05, 0) is 39.1 Å². The highest BCUT2D eigenvalue weighted by Gasteiger charge is 2.28. The van der Waals surface area contributed by atoms with E-state index in [0.29, 0.717) is 5.56 Å². The molecule has 0 atom stereocenters. The summed E-state index contributed by atoms with van der Waals surface area (Å²) in [7, 11) is 0. The fourth-order valence-electron chi connectivity index (χ4n) is 4.07. The van der Waals surface area contributed by atoms with Crippen molar-refractivity contribution in [1.82, 2.24) is 5.43 Å². The lowest BCUT2D eigenvalue weighted by atomic mass is 10.0. The van der Waals surface area contributed by atoms with E-state index in [-0.39, 0.29) is 22.7 Å². The number of benzene rings is 4. The standard InChI is InChI=1S/C26H20N2O2S/c29-24-14-13-17-7-1-2-8-18(17)23(24)15-27-28-25(30)16-31-26-21-11-5-3-9-19(21)20-10-4-6-12-22(20)26/h1-15,26,29H,16H2,(H,28,30)/b27-15-. The van der Waals surface area contributed by atoms with Crippen molar-refractivity contribution in [3.63, 3.8) is 0 Å². The average molecular weight is 425 g/mol. The van der Waals surface area contributed by atoms with Gasteiger partial charge in [0.2, 0.25) is 5.91 Å². The Morgan fingerprint density at radius 2 is 1.55 bits per heavy atom. The third-order valence-electron chi connectivity index (χ3n) is 5.49. The average Bonchev–Trinajstić information content (AvgIpc) is 3.13. The number of hydrazone groups is 1. The van der Waals surface area contributed by atoms with Crippen LogP contribution in [0.1, 0.15) is 21.9 Å². The van der Waals surface area contributed by atoms with Crippen LogP contribution in [0, 0.1) is 0 Å². The third kappa shape index (κ3) is 3.68. The highest BCUT2D eigenvalue weighted by Crippen LogP contribution is 2.49. The lowest BCUT2D eigenvalue weighted by Gasteiger charge is -2.12. The number of carbonyl (C=O) groups is 1. The van der Waals surface area contributed by atoms with Gasteiger partial charge in [0.15, 0.2) is 0 Å². The number of fused-ring (bicyclic) bond motifs is 4. The van der Waals surface area contributed by atoms with Crippen LogP contribution in [0.3, 0.4) is 0 Å². The molecule has 0 fully saturated rings. The van der Waals surface area contributed by atoms with Gasteiger partial charge in [0.25, 0.3) is 0 Å². The van der Waals surface area contributed by atoms with Gasteiger partial charge in [-0.15, -0.1) is 11.8 Å². The molecule has 0 saturated heterocycles. The Morgan fingerprint density at radius 3 is 2.29 bits per heavy atom. The smallest absolute Gasteiger partial charge is 0.250 e. The van der Waals surface area contributed by atoms with Gasteiger partial charge in [-0.2, -0.15) is 5.10 Å². The number of rotatable bonds is 5. The predicted octanol–water partition coefficient (Wildman–Crippen LogP) is 5.50. The molecule has 5 rings (SSSR count). The molecule has 5 heteroatoms. The maximum atomic E-state index is 12.5. The highest BCUT2D eigenvalue weighted by molar-refractivity contribution is 8.00. The van der Waals surface area contributed by atoms with Crippen molar-refractivity contribution < 1.29 is 9.90 Å². The SMILES string of the molecule is O=C(CSC1c2ccccc2-c2ccccc21)N/N=C\c1c(O)ccc2ccccc12. The van der Waals surface area contributed by atoms with Crippen LogP contribution in [0.5, 0.6) is 5.75 Å². The first kappa shape index (κ1) is 19.4. The number of aromatic hydroxyl groups is 1. The number of amides is 1. The van der Waals surface area contributed by atoms with Crippen molar-refractivity contribution in [2.24, 2.45) is 5.10 Å². The van der Waals surface area contributed by atoms with E-state index in [9.17, 15) is 9.90 Å². The van der Waals surface area contributed by atoms with Gasteiger partial charge in [-0.1, -0.05) is 78.9 Å². The first-order valence-electron chi connectivity index (χ1n) is 10.0. The minimum atomic E-state index is -0.178. The Hall–Kier alpha value is -3.57. The van der Waals surface area contributed by atoms with Crippen molar-refractivity contribution in [1.29, 1.82) is 0 Å². The molecular formula is C26H20N2O2S. The van der Waals surface area contributed by atoms with Gasteiger partial charge in [0.05, 0.1) is 17.2 Å². The monoisotopic (exact) mass is 424 g/mol. The summed E-state index contributed by atoms with van der Waals surface area (Å²) < 4.78 is 0. The van der Waals surface area contributed by atoms with Gasteiger partial charge in [0.1, 0.15) is 5.75 Å². The molecule has 0 heterocycles. The predicted molar refractivity (Wildman–Crippen MR) is 128 cm³/mol. The fourth-order valence-corrected chi connectivity index (χ4v) is 5.22. The molecule has 0 spiro atoms. The molecule has 31 heavy (non-hydrogen) atoms. The molecule has 0 aliphatic heterocycles. The minimum Gasteiger partial charge on any atom is -0.507 e. The lowest BCUT2D eigenvalue weighted by molar-refractivity contribution is -0.118. The summed E-state index contributed by atoms with van der Waals surface area (Å²) in [5, 5.41) is 16.3. The van der Waals surface area contributed by atoms with Crippen LogP contribution in [0.4, 0.5) is 0 Å². The number of hydrogen-bond donors (Lipinski definition) is 2. The second-order valence-corrected chi connectivity index (χ2v) is 8.47. The van der Waals surface area contributed by atoms with Crippen molar-refractivity contribution in [3.8, 4) is 16.9 Å². The molecule has 4 aromatic rings. The van der Waals surface area contributed by atoms with Gasteiger partial charge in [-0.25, -0.2) is 5.43 Å². The summed E-state index contributed by atoms with van der Waals surface area (Å²) in [6.07, 6.45) is 1.50. The van der Waals surface area contributed by atoms with Crippen LogP contribution >= 0.6 is 11.8 Å². The van der Waals surface area contributed by atoms with Crippen LogP contribution in [0.15, 0.2) is 90.0 Å². The van der Waals surface area contributed by atoms with Crippen LogP contribution < -0.4 is 5.43 Å². The number of hydrogen-bond acceptors (Lipinski definition) is 4. The Kier molecular flexibility index (Phi) is 5.18. The topological polar surface area (TPSA) is 61.7 Å². The largest absolute Gasteiger partial charge is 0.507 e. The van der Waals surface area contributed by atoms with E-state index < -0.39 is 0 Å². The van der Waals surface area contributed by atoms with E-state index in [2.05, 4.69) is 34.8 Å². The summed E-state index contributed by atoms with van der Waals surface area (Å²) >= 11 is 1.59. The summed E-state index contributed by atoms with van der Waals surface area (Å²) in [6.45, 7) is 0. The quantitative estimate of drug-likeness (QED) is 0.329. The van der Waals surface area contributed by atoms with Gasteiger partial charge in [-0.3, -0.25) is 4.79 Å². The minimum absolute atomic E-state index is 0.129. The van der Waals surface area contributed by atoms with Crippen molar-refractivity contribution in [3.05, 3.63) is 102 Å². The number of nitrogens with one attached hydrogen (secondary N) is 1. The molecule has 0 saturated carbocycles. The Balaban J connectivity index is 1.28. The van der Waals surface area contributed by atoms with Crippen LogP contribution in [-0.4, -0.2) is 23.0 Å². The number of phenolic OH excluding ortho intramolecular Hbond substituents is 1. The Labute approximate surface area is 184 Å². The molecule has 4 nitrogen and oxygen atoms in total. The molecule has 1 aliphatic carbocycles. The summed E-state index contributed by atoms with van der Waals surface area (Å²) in [5.41, 5.74) is 8.14. The van der Waals surface area contributed by atoms with Crippen molar-refractivity contribution in [2.75, 3.05) is 5.75 Å². The maximum Gasteiger partial charge on any atom is 0.250 e. The molecule has 0 unspecified atom stereocenters. The zero-order valence-corrected chi connectivity index (χ0v) is 17.5. The molecule has 0 radical (unpaired) electrons. The van der Waals surface area contributed by atoms with Gasteiger partial charge >= 0.3 is 0 Å². The Morgan fingerprint density at radius 1 is 0.903 bits per heavy atom. The van der Waals surface area contributed by atoms with E-state index in [1.165, 1.54) is 28.5 Å². The first-order chi connectivity index (χ1) is 15.2. The molecular weight excluding hydrogens is 404 g/mol. The van der Waals surface area contributed by atoms with Crippen LogP contribution in [0.2, 0.25) is 0 Å². The van der Waals surface area contributed by atoms with E-state index in [4.69, 9.17) is 0 Å². The molecule has 0 aromatic heterocycles. The Bertz CT molecular complexity index is 1270. The molecule has 1 aliphatic rings. The van der Waals surface area contributed by atoms with Crippen LogP contribution in [0.25, 0.3) is 21.9 Å². The summed E-state index contributed by atoms with van der Waals surface area (Å²) in [5.74, 6) is 0.236. The molecule has 1 amide bonds. The van der Waals surface area contributed by atoms with Crippen molar-refractivity contribution >= 4 is 34.7 Å². The van der Waals surface area contributed by atoms with E-state index in [0.717, 1.165) is 10.8 Å². The lowest BCUT2D eigenvalue weighted by Crippen LogP contribution is -2.20. The maximum absolute atomic E-state index is 12.5. The number of carbonyl (C=O) groups excluding carboxylic acids is 1. The summed E-state index contributed by atoms with van der Waals surface area (Å²) in [6, 6.07) is 27.9. The molecule has 152 valence electrons. The molecule has 4 aromatic carbocycles. The van der Waals surface area contributed by atoms with E-state index in [1.807, 2.05) is 54.6 Å². The normalized spacial score (nSPS) is 12.8. The van der Waals surface area contributed by atoms with Crippen LogP contribution in [-0.2, 0) is 4.79 Å². The zero-order valence-electron chi connectivity index (χ0n) is 16.7. The van der Waals surface area contributed by atoms with Gasteiger partial charge in [0, 0.05) is 5.56 Å². The molecule has 0 bridgehead atoms. The third-order valence-corrected chi connectivity index (χ3v) is 6.76. The van der Waals surface area contributed by atoms with Crippen molar-refractivity contribution in [2.45, 2.75) is 5.25 Å². The second-order valence-electron chi connectivity index (χ2n) is 7.38. The first-order valence-corrected chi connectivity index (χ1v) is 11.1. The van der Waals surface area contributed by atoms with E-state index in [1.54, 1.807) is 17.8 Å². The van der Waals surface area contributed by atoms with Gasteiger partial charge < -0.3 is 5.11 Å².